The molecule has 0 saturated heterocycles. The predicted octanol–water partition coefficient (Wildman–Crippen LogP) is 3.90. The minimum atomic E-state index is -0.721. The number of hydrogen-bond donors (Lipinski definition) is 1. The average molecular weight is 255 g/mol. The van der Waals surface area contributed by atoms with Gasteiger partial charge in [-0.1, -0.05) is 25.7 Å². The molecule has 0 heterocycles. The summed E-state index contributed by atoms with van der Waals surface area (Å²) in [6, 6.07) is 2.18. The average Bonchev–Trinajstić information content (AvgIpc) is 2.56. The Morgan fingerprint density at radius 1 is 1.06 bits per heavy atom. The molecule has 0 atom stereocenters. The Balaban J connectivity index is 1.97. The summed E-state index contributed by atoms with van der Waals surface area (Å²) in [6.07, 6.45) is 7.03. The number of rotatable bonds is 3. The van der Waals surface area contributed by atoms with Crippen molar-refractivity contribution in [1.29, 1.82) is 0 Å². The van der Waals surface area contributed by atoms with Gasteiger partial charge in [0.15, 0.2) is 17.4 Å². The van der Waals surface area contributed by atoms with Gasteiger partial charge in [-0.15, -0.1) is 0 Å². The highest BCUT2D eigenvalue weighted by Crippen LogP contribution is 2.27. The fraction of sp³-hybridized carbons (Fsp3) is 0.571. The van der Waals surface area contributed by atoms with Crippen LogP contribution in [0.1, 0.15) is 38.5 Å². The topological polar surface area (TPSA) is 35.2 Å². The lowest BCUT2D eigenvalue weighted by molar-refractivity contribution is 0.216. The number of nitrogen functional groups attached to an aromatic ring is 1. The van der Waals surface area contributed by atoms with Crippen LogP contribution >= 0.6 is 0 Å². The summed E-state index contributed by atoms with van der Waals surface area (Å²) in [5.74, 6) is -1.33. The van der Waals surface area contributed by atoms with E-state index in [1.165, 1.54) is 25.7 Å². The normalized spacial score (nSPS) is 17.4. The van der Waals surface area contributed by atoms with Gasteiger partial charge in [-0.2, -0.15) is 0 Å². The highest BCUT2D eigenvalue weighted by Gasteiger charge is 2.16. The van der Waals surface area contributed by atoms with Crippen molar-refractivity contribution >= 4 is 5.69 Å². The van der Waals surface area contributed by atoms with Gasteiger partial charge in [-0.25, -0.2) is 8.78 Å². The Morgan fingerprint density at radius 2 is 1.61 bits per heavy atom. The zero-order valence-electron chi connectivity index (χ0n) is 10.4. The largest absolute Gasteiger partial charge is 0.487 e. The first-order valence-electron chi connectivity index (χ1n) is 6.54. The molecule has 100 valence electrons. The smallest absolute Gasteiger partial charge is 0.190 e. The molecule has 0 aliphatic heterocycles. The van der Waals surface area contributed by atoms with E-state index in [9.17, 15) is 8.78 Å². The second kappa shape index (κ2) is 6.03. The van der Waals surface area contributed by atoms with Crippen LogP contribution in [0.3, 0.4) is 0 Å². The molecule has 18 heavy (non-hydrogen) atoms. The molecule has 0 aromatic heterocycles. The van der Waals surface area contributed by atoms with Gasteiger partial charge in [-0.3, -0.25) is 0 Å². The monoisotopic (exact) mass is 255 g/mol. The van der Waals surface area contributed by atoms with Crippen LogP contribution in [-0.2, 0) is 0 Å². The minimum Gasteiger partial charge on any atom is -0.487 e. The summed E-state index contributed by atoms with van der Waals surface area (Å²) in [7, 11) is 0. The molecular weight excluding hydrogens is 236 g/mol. The molecule has 0 bridgehead atoms. The number of benzene rings is 1. The van der Waals surface area contributed by atoms with Gasteiger partial charge in [0.2, 0.25) is 0 Å². The first-order chi connectivity index (χ1) is 8.66. The molecule has 0 amide bonds. The zero-order chi connectivity index (χ0) is 13.0. The van der Waals surface area contributed by atoms with Gasteiger partial charge in [-0.05, 0) is 18.8 Å². The van der Waals surface area contributed by atoms with Crippen molar-refractivity contribution in [3.8, 4) is 5.75 Å². The highest BCUT2D eigenvalue weighted by molar-refractivity contribution is 5.44. The van der Waals surface area contributed by atoms with Gasteiger partial charge in [0.05, 0.1) is 6.61 Å². The fourth-order valence-electron chi connectivity index (χ4n) is 2.45. The van der Waals surface area contributed by atoms with E-state index < -0.39 is 11.6 Å². The van der Waals surface area contributed by atoms with E-state index in [0.717, 1.165) is 25.0 Å². The molecule has 2 N–H and O–H groups in total. The van der Waals surface area contributed by atoms with Crippen molar-refractivity contribution in [3.05, 3.63) is 23.8 Å². The molecule has 0 spiro atoms. The van der Waals surface area contributed by atoms with Crippen LogP contribution in [0.2, 0.25) is 0 Å². The Bertz CT molecular complexity index is 378. The van der Waals surface area contributed by atoms with E-state index in [2.05, 4.69) is 0 Å². The Kier molecular flexibility index (Phi) is 4.39. The molecule has 2 nitrogen and oxygen atoms in total. The van der Waals surface area contributed by atoms with E-state index in [-0.39, 0.29) is 11.4 Å². The molecule has 2 rings (SSSR count). The third-order valence-corrected chi connectivity index (χ3v) is 3.46. The number of halogens is 2. The van der Waals surface area contributed by atoms with Gasteiger partial charge < -0.3 is 10.5 Å². The van der Waals surface area contributed by atoms with Crippen LogP contribution in [0, 0.1) is 17.6 Å². The van der Waals surface area contributed by atoms with Crippen molar-refractivity contribution in [2.75, 3.05) is 12.3 Å². The van der Waals surface area contributed by atoms with Crippen LogP contribution < -0.4 is 10.5 Å². The van der Waals surface area contributed by atoms with Crippen molar-refractivity contribution in [2.24, 2.45) is 5.92 Å². The lowest BCUT2D eigenvalue weighted by atomic mass is 10.0. The first-order valence-corrected chi connectivity index (χ1v) is 6.54. The predicted molar refractivity (Wildman–Crippen MR) is 67.5 cm³/mol. The summed E-state index contributed by atoms with van der Waals surface area (Å²) >= 11 is 0. The number of hydrogen-bond acceptors (Lipinski definition) is 2. The Hall–Kier alpha value is -1.32. The summed E-state index contributed by atoms with van der Waals surface area (Å²) in [4.78, 5) is 0. The van der Waals surface area contributed by atoms with Gasteiger partial charge in [0, 0.05) is 17.8 Å². The maximum Gasteiger partial charge on any atom is 0.190 e. The second-order valence-electron chi connectivity index (χ2n) is 4.98. The van der Waals surface area contributed by atoms with Crippen LogP contribution in [-0.4, -0.2) is 6.61 Å². The summed E-state index contributed by atoms with van der Waals surface area (Å²) in [5.41, 5.74) is 5.43. The van der Waals surface area contributed by atoms with Crippen molar-refractivity contribution < 1.29 is 13.5 Å². The van der Waals surface area contributed by atoms with Gasteiger partial charge in [0.1, 0.15) is 0 Å². The molecular formula is C14H19F2NO. The van der Waals surface area contributed by atoms with Crippen molar-refractivity contribution in [3.63, 3.8) is 0 Å². The Morgan fingerprint density at radius 3 is 2.17 bits per heavy atom. The van der Waals surface area contributed by atoms with Gasteiger partial charge >= 0.3 is 0 Å². The quantitative estimate of drug-likeness (QED) is 0.656. The summed E-state index contributed by atoms with van der Waals surface area (Å²) in [6.45, 7) is 0.387. The Labute approximate surface area is 106 Å². The lowest BCUT2D eigenvalue weighted by Crippen LogP contribution is -2.13. The molecule has 1 saturated carbocycles. The van der Waals surface area contributed by atoms with E-state index in [4.69, 9.17) is 10.5 Å². The van der Waals surface area contributed by atoms with Gasteiger partial charge in [0.25, 0.3) is 0 Å². The lowest BCUT2D eigenvalue weighted by Gasteiger charge is -2.16. The maximum absolute atomic E-state index is 13.5. The summed E-state index contributed by atoms with van der Waals surface area (Å²) in [5, 5.41) is 0. The summed E-state index contributed by atoms with van der Waals surface area (Å²) < 4.78 is 32.3. The number of anilines is 1. The standard InChI is InChI=1S/C14H19F2NO/c15-12-7-11(17)8-13(16)14(12)18-9-10-5-3-1-2-4-6-10/h7-8,10H,1-6,9,17H2. The highest BCUT2D eigenvalue weighted by atomic mass is 19.1. The SMILES string of the molecule is Nc1cc(F)c(OCC2CCCCCC2)c(F)c1. The maximum atomic E-state index is 13.5. The van der Waals surface area contributed by atoms with E-state index in [1.54, 1.807) is 0 Å². The second-order valence-corrected chi connectivity index (χ2v) is 4.98. The van der Waals surface area contributed by atoms with Crippen molar-refractivity contribution in [1.82, 2.24) is 0 Å². The number of ether oxygens (including phenoxy) is 1. The van der Waals surface area contributed by atoms with E-state index in [0.29, 0.717) is 12.5 Å². The third kappa shape index (κ3) is 3.34. The molecule has 1 aromatic carbocycles. The van der Waals surface area contributed by atoms with Crippen molar-refractivity contribution in [2.45, 2.75) is 38.5 Å². The molecule has 1 aliphatic carbocycles. The zero-order valence-corrected chi connectivity index (χ0v) is 10.4. The van der Waals surface area contributed by atoms with Crippen LogP contribution in [0.15, 0.2) is 12.1 Å². The molecule has 1 fully saturated rings. The fourth-order valence-corrected chi connectivity index (χ4v) is 2.45. The van der Waals surface area contributed by atoms with E-state index >= 15 is 0 Å². The van der Waals surface area contributed by atoms with Crippen LogP contribution in [0.4, 0.5) is 14.5 Å². The molecule has 1 aromatic rings. The number of nitrogens with two attached hydrogens (primary N) is 1. The molecule has 4 heteroatoms. The first kappa shape index (κ1) is 13.1. The van der Waals surface area contributed by atoms with Crippen LogP contribution in [0.25, 0.3) is 0 Å². The third-order valence-electron chi connectivity index (χ3n) is 3.46. The van der Waals surface area contributed by atoms with E-state index in [1.807, 2.05) is 0 Å². The molecule has 0 unspecified atom stereocenters. The molecule has 1 aliphatic rings. The minimum absolute atomic E-state index is 0.0758. The van der Waals surface area contributed by atoms with Crippen LogP contribution in [0.5, 0.6) is 5.75 Å². The molecule has 0 radical (unpaired) electrons.